The molecular formula is C14H30N2O2S. The monoisotopic (exact) mass is 290 g/mol. The van der Waals surface area contributed by atoms with E-state index >= 15 is 0 Å². The van der Waals surface area contributed by atoms with Gasteiger partial charge in [-0.05, 0) is 18.8 Å². The van der Waals surface area contributed by atoms with Gasteiger partial charge in [0.1, 0.15) is 0 Å². The van der Waals surface area contributed by atoms with Crippen molar-refractivity contribution in [2.24, 2.45) is 11.7 Å². The normalized spacial score (nSPS) is 20.7. The van der Waals surface area contributed by atoms with Gasteiger partial charge >= 0.3 is 0 Å². The highest BCUT2D eigenvalue weighted by Crippen LogP contribution is 2.34. The van der Waals surface area contributed by atoms with Gasteiger partial charge in [-0.3, -0.25) is 0 Å². The molecule has 1 rings (SSSR count). The van der Waals surface area contributed by atoms with Crippen LogP contribution < -0.4 is 5.73 Å². The molecule has 5 heteroatoms. The number of nitrogens with two attached hydrogens (primary N) is 1. The number of hydrogen-bond donors (Lipinski definition) is 1. The van der Waals surface area contributed by atoms with Crippen LogP contribution in [-0.2, 0) is 10.0 Å². The highest BCUT2D eigenvalue weighted by atomic mass is 32.2. The molecule has 1 aliphatic carbocycles. The van der Waals surface area contributed by atoms with Gasteiger partial charge in [0, 0.05) is 18.6 Å². The smallest absolute Gasteiger partial charge is 0.214 e. The first-order valence-corrected chi connectivity index (χ1v) is 9.19. The van der Waals surface area contributed by atoms with Gasteiger partial charge in [0.15, 0.2) is 0 Å². The van der Waals surface area contributed by atoms with Crippen LogP contribution in [0.25, 0.3) is 0 Å². The Morgan fingerprint density at radius 1 is 1.16 bits per heavy atom. The molecule has 0 atom stereocenters. The second kappa shape index (κ2) is 7.04. The molecule has 0 amide bonds. The van der Waals surface area contributed by atoms with E-state index in [-0.39, 0.29) is 17.2 Å². The van der Waals surface area contributed by atoms with Crippen molar-refractivity contribution in [1.82, 2.24) is 4.31 Å². The molecule has 114 valence electrons. The summed E-state index contributed by atoms with van der Waals surface area (Å²) in [5.74, 6) is 0.377. The van der Waals surface area contributed by atoms with Gasteiger partial charge in [0.2, 0.25) is 10.0 Å². The topological polar surface area (TPSA) is 63.4 Å². The Labute approximate surface area is 118 Å². The highest BCUT2D eigenvalue weighted by molar-refractivity contribution is 7.89. The molecule has 0 bridgehead atoms. The van der Waals surface area contributed by atoms with Crippen LogP contribution in [-0.4, -0.2) is 37.1 Å². The predicted octanol–water partition coefficient (Wildman–Crippen LogP) is 2.35. The van der Waals surface area contributed by atoms with Gasteiger partial charge in [-0.15, -0.1) is 0 Å². The first-order valence-electron chi connectivity index (χ1n) is 7.58. The quantitative estimate of drug-likeness (QED) is 0.764. The third-order valence-electron chi connectivity index (χ3n) is 4.11. The van der Waals surface area contributed by atoms with Crippen molar-refractivity contribution in [2.45, 2.75) is 64.8 Å². The minimum Gasteiger partial charge on any atom is -0.329 e. The number of hydrogen-bond acceptors (Lipinski definition) is 3. The summed E-state index contributed by atoms with van der Waals surface area (Å²) in [6.07, 6.45) is 6.40. The number of rotatable bonds is 6. The zero-order chi connectivity index (χ0) is 14.5. The molecule has 19 heavy (non-hydrogen) atoms. The van der Waals surface area contributed by atoms with Crippen LogP contribution in [0.2, 0.25) is 0 Å². The first kappa shape index (κ1) is 16.9. The second-order valence-corrected chi connectivity index (χ2v) is 8.12. The van der Waals surface area contributed by atoms with E-state index in [4.69, 9.17) is 5.73 Å². The molecule has 1 fully saturated rings. The fraction of sp³-hybridized carbons (Fsp3) is 1.00. The van der Waals surface area contributed by atoms with E-state index in [0.29, 0.717) is 13.1 Å². The van der Waals surface area contributed by atoms with Crippen molar-refractivity contribution >= 4 is 10.0 Å². The number of sulfonamides is 1. The standard InChI is InChI=1S/C14H30N2O2S/c1-4-16(19(17,18)11-13(2)3)14(12-15)9-7-5-6-8-10-14/h13H,4-12,15H2,1-3H3. The zero-order valence-corrected chi connectivity index (χ0v) is 13.5. The van der Waals surface area contributed by atoms with E-state index in [9.17, 15) is 8.42 Å². The van der Waals surface area contributed by atoms with Crippen LogP contribution in [0, 0.1) is 5.92 Å². The minimum atomic E-state index is -3.20. The Kier molecular flexibility index (Phi) is 6.27. The van der Waals surface area contributed by atoms with E-state index < -0.39 is 10.0 Å². The Morgan fingerprint density at radius 2 is 1.68 bits per heavy atom. The average molecular weight is 290 g/mol. The van der Waals surface area contributed by atoms with E-state index in [1.54, 1.807) is 4.31 Å². The lowest BCUT2D eigenvalue weighted by atomic mass is 9.90. The molecule has 0 saturated heterocycles. The molecule has 0 unspecified atom stereocenters. The molecule has 4 nitrogen and oxygen atoms in total. The molecular weight excluding hydrogens is 260 g/mol. The SMILES string of the molecule is CCN(C1(CN)CCCCCC1)S(=O)(=O)CC(C)C. The third kappa shape index (κ3) is 4.17. The minimum absolute atomic E-state index is 0.152. The fourth-order valence-electron chi connectivity index (χ4n) is 3.28. The predicted molar refractivity (Wildman–Crippen MR) is 80.5 cm³/mol. The van der Waals surface area contributed by atoms with Gasteiger partial charge in [0.25, 0.3) is 0 Å². The Morgan fingerprint density at radius 3 is 2.05 bits per heavy atom. The van der Waals surface area contributed by atoms with Crippen LogP contribution >= 0.6 is 0 Å². The summed E-state index contributed by atoms with van der Waals surface area (Å²) in [5, 5.41) is 0. The summed E-state index contributed by atoms with van der Waals surface area (Å²) in [6.45, 7) is 6.81. The number of likely N-dealkylation sites (N-methyl/N-ethyl adjacent to an activating group) is 1. The maximum atomic E-state index is 12.6. The van der Waals surface area contributed by atoms with Crippen LogP contribution in [0.1, 0.15) is 59.3 Å². The molecule has 0 aliphatic heterocycles. The summed E-state index contributed by atoms with van der Waals surface area (Å²) in [6, 6.07) is 0. The molecule has 0 aromatic heterocycles. The van der Waals surface area contributed by atoms with Crippen molar-refractivity contribution in [3.63, 3.8) is 0 Å². The number of nitrogens with zero attached hydrogens (tertiary/aromatic N) is 1. The van der Waals surface area contributed by atoms with Gasteiger partial charge in [-0.25, -0.2) is 8.42 Å². The summed E-state index contributed by atoms with van der Waals surface area (Å²) < 4.78 is 26.9. The maximum Gasteiger partial charge on any atom is 0.214 e. The van der Waals surface area contributed by atoms with Crippen molar-refractivity contribution in [3.8, 4) is 0 Å². The second-order valence-electron chi connectivity index (χ2n) is 6.18. The van der Waals surface area contributed by atoms with Gasteiger partial charge in [0.05, 0.1) is 5.75 Å². The molecule has 0 heterocycles. The van der Waals surface area contributed by atoms with E-state index in [1.165, 1.54) is 12.8 Å². The van der Waals surface area contributed by atoms with E-state index in [1.807, 2.05) is 20.8 Å². The maximum absolute atomic E-state index is 12.6. The summed E-state index contributed by atoms with van der Waals surface area (Å²) in [4.78, 5) is 0. The van der Waals surface area contributed by atoms with Crippen LogP contribution in [0.3, 0.4) is 0 Å². The van der Waals surface area contributed by atoms with Crippen LogP contribution in [0.5, 0.6) is 0 Å². The van der Waals surface area contributed by atoms with Crippen molar-refractivity contribution < 1.29 is 8.42 Å². The Hall–Kier alpha value is -0.130. The zero-order valence-electron chi connectivity index (χ0n) is 12.7. The first-order chi connectivity index (χ1) is 8.88. The molecule has 2 N–H and O–H groups in total. The molecule has 0 radical (unpaired) electrons. The van der Waals surface area contributed by atoms with Gasteiger partial charge in [-0.2, -0.15) is 4.31 Å². The summed E-state index contributed by atoms with van der Waals surface area (Å²) >= 11 is 0. The molecule has 0 aromatic rings. The summed E-state index contributed by atoms with van der Waals surface area (Å²) in [7, 11) is -3.20. The lowest BCUT2D eigenvalue weighted by Gasteiger charge is -2.42. The molecule has 0 aromatic carbocycles. The Balaban J connectivity index is 3.03. The molecule has 0 spiro atoms. The largest absolute Gasteiger partial charge is 0.329 e. The lowest BCUT2D eigenvalue weighted by Crippen LogP contribution is -2.56. The average Bonchev–Trinajstić information content (AvgIpc) is 2.54. The van der Waals surface area contributed by atoms with Gasteiger partial charge in [-0.1, -0.05) is 46.5 Å². The third-order valence-corrected chi connectivity index (χ3v) is 6.52. The molecule has 1 aliphatic rings. The molecule has 1 saturated carbocycles. The van der Waals surface area contributed by atoms with E-state index in [0.717, 1.165) is 25.7 Å². The summed E-state index contributed by atoms with van der Waals surface area (Å²) in [5.41, 5.74) is 5.67. The van der Waals surface area contributed by atoms with Crippen LogP contribution in [0.4, 0.5) is 0 Å². The highest BCUT2D eigenvalue weighted by Gasteiger charge is 2.41. The Bertz CT molecular complexity index is 358. The lowest BCUT2D eigenvalue weighted by molar-refractivity contribution is 0.173. The fourth-order valence-corrected chi connectivity index (χ4v) is 5.54. The van der Waals surface area contributed by atoms with Crippen molar-refractivity contribution in [2.75, 3.05) is 18.8 Å². The van der Waals surface area contributed by atoms with Crippen molar-refractivity contribution in [3.05, 3.63) is 0 Å². The van der Waals surface area contributed by atoms with Gasteiger partial charge < -0.3 is 5.73 Å². The van der Waals surface area contributed by atoms with E-state index in [2.05, 4.69) is 0 Å². The van der Waals surface area contributed by atoms with Crippen LogP contribution in [0.15, 0.2) is 0 Å². The van der Waals surface area contributed by atoms with Crippen molar-refractivity contribution in [1.29, 1.82) is 0 Å².